The van der Waals surface area contributed by atoms with Crippen LogP contribution < -0.4 is 15.1 Å². The third kappa shape index (κ3) is 2.24. The number of carbonyl (C=O) groups excluding carboxylic acids is 3. The number of nitrogens with zero attached hydrogens (tertiary/aromatic N) is 2. The summed E-state index contributed by atoms with van der Waals surface area (Å²) in [6.45, 7) is 0.791. The molecule has 2 aromatic carbocycles. The first-order chi connectivity index (χ1) is 13.5. The maximum absolute atomic E-state index is 13.7. The highest BCUT2D eigenvalue weighted by atomic mass is 35.5. The van der Waals surface area contributed by atoms with Gasteiger partial charge in [0, 0.05) is 17.3 Å². The smallest absolute Gasteiger partial charge is 0.335 e. The van der Waals surface area contributed by atoms with Gasteiger partial charge in [-0.05, 0) is 55.2 Å². The first kappa shape index (κ1) is 17.3. The third-order valence-electron chi connectivity index (χ3n) is 6.09. The number of halogens is 1. The van der Waals surface area contributed by atoms with Gasteiger partial charge >= 0.3 is 6.03 Å². The first-order valence-corrected chi connectivity index (χ1v) is 9.70. The molecule has 6 nitrogen and oxygen atoms in total. The molecule has 0 radical (unpaired) electrons. The summed E-state index contributed by atoms with van der Waals surface area (Å²) in [7, 11) is 0. The number of hydrogen-bond acceptors (Lipinski definition) is 4. The van der Waals surface area contributed by atoms with Crippen LogP contribution in [0.1, 0.15) is 18.4 Å². The van der Waals surface area contributed by atoms with Crippen LogP contribution in [0.25, 0.3) is 0 Å². The van der Waals surface area contributed by atoms with Crippen LogP contribution in [0.5, 0.6) is 0 Å². The number of imide groups is 2. The van der Waals surface area contributed by atoms with Crippen molar-refractivity contribution in [3.05, 3.63) is 59.1 Å². The molecule has 3 aliphatic rings. The van der Waals surface area contributed by atoms with Crippen molar-refractivity contribution in [1.29, 1.82) is 0 Å². The Hall–Kier alpha value is -2.86. The number of amides is 4. The average molecular weight is 396 g/mol. The van der Waals surface area contributed by atoms with Crippen molar-refractivity contribution in [2.24, 2.45) is 5.41 Å². The molecule has 3 aliphatic heterocycles. The summed E-state index contributed by atoms with van der Waals surface area (Å²) in [5, 5.41) is 2.95. The molecule has 28 heavy (non-hydrogen) atoms. The van der Waals surface area contributed by atoms with Crippen LogP contribution in [-0.4, -0.2) is 30.4 Å². The standard InChI is InChI=1S/C21H18ClN3O3/c22-14-7-9-15(10-8-14)25-19(27)21(18(26)23-20(25)28)12-13-4-1-2-5-16(13)24-11-3-6-17(21)24/h1-2,4-5,7-10,17H,3,6,11-12H2,(H,23,26,28)/t17-,21+/m0/s1. The second-order valence-corrected chi connectivity index (χ2v) is 7.94. The molecule has 4 amide bonds. The van der Waals surface area contributed by atoms with Crippen molar-refractivity contribution >= 4 is 40.8 Å². The Morgan fingerprint density at radius 2 is 1.79 bits per heavy atom. The normalized spacial score (nSPS) is 26.3. The first-order valence-electron chi connectivity index (χ1n) is 9.32. The van der Waals surface area contributed by atoms with E-state index < -0.39 is 23.3 Å². The fourth-order valence-electron chi connectivity index (χ4n) is 4.85. The molecule has 142 valence electrons. The lowest BCUT2D eigenvalue weighted by molar-refractivity contribution is -0.144. The zero-order valence-electron chi connectivity index (χ0n) is 15.0. The molecule has 5 rings (SSSR count). The number of rotatable bonds is 1. The highest BCUT2D eigenvalue weighted by Gasteiger charge is 2.62. The monoisotopic (exact) mass is 395 g/mol. The second-order valence-electron chi connectivity index (χ2n) is 7.50. The van der Waals surface area contributed by atoms with Crippen LogP contribution >= 0.6 is 11.6 Å². The minimum absolute atomic E-state index is 0.266. The lowest BCUT2D eigenvalue weighted by Crippen LogP contribution is -2.71. The number of urea groups is 1. The average Bonchev–Trinajstić information content (AvgIpc) is 3.18. The number of nitrogens with one attached hydrogen (secondary N) is 1. The number of para-hydroxylation sites is 1. The molecule has 2 saturated heterocycles. The number of benzene rings is 2. The highest BCUT2D eigenvalue weighted by Crippen LogP contribution is 2.48. The molecule has 2 fully saturated rings. The quantitative estimate of drug-likeness (QED) is 0.753. The van der Waals surface area contributed by atoms with Crippen molar-refractivity contribution in [2.45, 2.75) is 25.3 Å². The van der Waals surface area contributed by atoms with E-state index in [1.807, 2.05) is 24.3 Å². The Morgan fingerprint density at radius 1 is 1.04 bits per heavy atom. The Kier molecular flexibility index (Phi) is 3.74. The van der Waals surface area contributed by atoms with E-state index in [0.29, 0.717) is 10.7 Å². The van der Waals surface area contributed by atoms with Crippen molar-refractivity contribution in [1.82, 2.24) is 5.32 Å². The van der Waals surface area contributed by atoms with Crippen molar-refractivity contribution < 1.29 is 14.4 Å². The summed E-state index contributed by atoms with van der Waals surface area (Å²) in [5.41, 5.74) is 1.11. The van der Waals surface area contributed by atoms with E-state index in [4.69, 9.17) is 11.6 Å². The van der Waals surface area contributed by atoms with Gasteiger partial charge in [0.2, 0.25) is 5.91 Å². The summed E-state index contributed by atoms with van der Waals surface area (Å²) in [6, 6.07) is 13.4. The molecule has 1 spiro atoms. The maximum atomic E-state index is 13.7. The number of carbonyl (C=O) groups is 3. The van der Waals surface area contributed by atoms with Crippen LogP contribution in [0.15, 0.2) is 48.5 Å². The van der Waals surface area contributed by atoms with Gasteiger partial charge in [-0.25, -0.2) is 9.69 Å². The molecule has 3 heterocycles. The summed E-state index contributed by atoms with van der Waals surface area (Å²) in [5.74, 6) is -0.964. The Labute approximate surface area is 167 Å². The van der Waals surface area contributed by atoms with E-state index in [1.54, 1.807) is 24.3 Å². The minimum Gasteiger partial charge on any atom is -0.367 e. The van der Waals surface area contributed by atoms with Gasteiger partial charge in [0.1, 0.15) is 0 Å². The Balaban J connectivity index is 1.65. The summed E-state index contributed by atoms with van der Waals surface area (Å²) in [4.78, 5) is 42.7. The van der Waals surface area contributed by atoms with Crippen LogP contribution in [-0.2, 0) is 16.0 Å². The molecule has 0 aliphatic carbocycles. The van der Waals surface area contributed by atoms with Crippen LogP contribution in [0.4, 0.5) is 16.2 Å². The summed E-state index contributed by atoms with van der Waals surface area (Å²) >= 11 is 5.95. The van der Waals surface area contributed by atoms with Gasteiger partial charge in [0.25, 0.3) is 5.91 Å². The van der Waals surface area contributed by atoms with Gasteiger partial charge in [-0.3, -0.25) is 14.9 Å². The SMILES string of the molecule is O=C1NC(=O)[C@]2(Cc3ccccc3N3CCC[C@H]32)C(=O)N1c1ccc(Cl)cc1. The molecule has 0 aromatic heterocycles. The van der Waals surface area contributed by atoms with Gasteiger partial charge in [0.15, 0.2) is 5.41 Å². The van der Waals surface area contributed by atoms with Crippen LogP contribution in [0.3, 0.4) is 0 Å². The van der Waals surface area contributed by atoms with Gasteiger partial charge < -0.3 is 4.90 Å². The Morgan fingerprint density at radius 3 is 2.57 bits per heavy atom. The maximum Gasteiger partial charge on any atom is 0.335 e. The van der Waals surface area contributed by atoms with Crippen LogP contribution in [0.2, 0.25) is 5.02 Å². The molecule has 0 saturated carbocycles. The van der Waals surface area contributed by atoms with Gasteiger partial charge in [-0.2, -0.15) is 0 Å². The molecule has 0 bridgehead atoms. The van der Waals surface area contributed by atoms with Crippen molar-refractivity contribution in [2.75, 3.05) is 16.3 Å². The fourth-order valence-corrected chi connectivity index (χ4v) is 4.98. The number of hydrogen-bond donors (Lipinski definition) is 1. The molecule has 2 atom stereocenters. The predicted octanol–water partition coefficient (Wildman–Crippen LogP) is 3.13. The largest absolute Gasteiger partial charge is 0.367 e. The number of barbiturate groups is 1. The zero-order chi connectivity index (χ0) is 19.5. The van der Waals surface area contributed by atoms with Gasteiger partial charge in [-0.15, -0.1) is 0 Å². The molecular weight excluding hydrogens is 378 g/mol. The zero-order valence-corrected chi connectivity index (χ0v) is 15.8. The molecule has 1 N–H and O–H groups in total. The fraction of sp³-hybridized carbons (Fsp3) is 0.286. The number of anilines is 2. The predicted molar refractivity (Wildman–Crippen MR) is 105 cm³/mol. The molecular formula is C21H18ClN3O3. The number of fused-ring (bicyclic) bond motifs is 4. The van der Waals surface area contributed by atoms with E-state index in [-0.39, 0.29) is 12.5 Å². The highest BCUT2D eigenvalue weighted by molar-refractivity contribution is 6.32. The van der Waals surface area contributed by atoms with Crippen LogP contribution in [0, 0.1) is 5.41 Å². The van der Waals surface area contributed by atoms with Crippen molar-refractivity contribution in [3.63, 3.8) is 0 Å². The van der Waals surface area contributed by atoms with E-state index >= 15 is 0 Å². The third-order valence-corrected chi connectivity index (χ3v) is 6.34. The van der Waals surface area contributed by atoms with E-state index in [0.717, 1.165) is 35.5 Å². The molecule has 7 heteroatoms. The minimum atomic E-state index is -1.32. The van der Waals surface area contributed by atoms with Gasteiger partial charge in [-0.1, -0.05) is 29.8 Å². The lowest BCUT2D eigenvalue weighted by atomic mass is 9.68. The van der Waals surface area contributed by atoms with E-state index in [9.17, 15) is 14.4 Å². The van der Waals surface area contributed by atoms with Crippen molar-refractivity contribution in [3.8, 4) is 0 Å². The Bertz CT molecular complexity index is 1010. The molecule has 2 aromatic rings. The molecule has 0 unspecified atom stereocenters. The topological polar surface area (TPSA) is 69.7 Å². The summed E-state index contributed by atoms with van der Waals surface area (Å²) < 4.78 is 0. The van der Waals surface area contributed by atoms with E-state index in [1.165, 1.54) is 0 Å². The summed E-state index contributed by atoms with van der Waals surface area (Å²) in [6.07, 6.45) is 1.92. The van der Waals surface area contributed by atoms with Gasteiger partial charge in [0.05, 0.1) is 11.7 Å². The van der Waals surface area contributed by atoms with E-state index in [2.05, 4.69) is 10.2 Å². The second kappa shape index (κ2) is 6.07. The lowest BCUT2D eigenvalue weighted by Gasteiger charge is -2.49.